The summed E-state index contributed by atoms with van der Waals surface area (Å²) in [4.78, 5) is 60.1. The van der Waals surface area contributed by atoms with Crippen molar-refractivity contribution in [2.24, 2.45) is 11.5 Å². The van der Waals surface area contributed by atoms with Crippen LogP contribution in [-0.2, 0) is 24.0 Å². The zero-order valence-electron chi connectivity index (χ0n) is 18.9. The van der Waals surface area contributed by atoms with Crippen molar-refractivity contribution in [1.29, 1.82) is 0 Å². The van der Waals surface area contributed by atoms with Crippen LogP contribution in [0, 0.1) is 0 Å². The second kappa shape index (κ2) is 14.3. The number of carbonyl (C=O) groups is 5. The lowest BCUT2D eigenvalue weighted by Gasteiger charge is -2.26. The Hall–Kier alpha value is -2.77. The van der Waals surface area contributed by atoms with Crippen LogP contribution in [0.1, 0.15) is 47.0 Å². The summed E-state index contributed by atoms with van der Waals surface area (Å²) >= 11 is 0. The Labute approximate surface area is 187 Å². The van der Waals surface area contributed by atoms with Crippen molar-refractivity contribution in [3.05, 3.63) is 0 Å². The largest absolute Gasteiger partial charge is 0.480 e. The first-order valence-electron chi connectivity index (χ1n) is 10.4. The topological polar surface area (TPSA) is 226 Å². The van der Waals surface area contributed by atoms with Gasteiger partial charge in [-0.2, -0.15) is 0 Å². The molecule has 32 heavy (non-hydrogen) atoms. The number of carboxylic acid groups (broad SMARTS) is 1. The van der Waals surface area contributed by atoms with Gasteiger partial charge in [-0.3, -0.25) is 24.0 Å². The molecule has 0 saturated heterocycles. The van der Waals surface area contributed by atoms with E-state index in [1.165, 1.54) is 27.7 Å². The van der Waals surface area contributed by atoms with E-state index in [0.29, 0.717) is 19.4 Å². The maximum atomic E-state index is 12.7. The quantitative estimate of drug-likeness (QED) is 0.123. The van der Waals surface area contributed by atoms with E-state index in [0.717, 1.165) is 0 Å². The number of amides is 4. The molecule has 4 amide bonds. The molecule has 13 nitrogen and oxygen atoms in total. The number of nitrogens with two attached hydrogens (primary N) is 2. The van der Waals surface area contributed by atoms with Gasteiger partial charge in [0, 0.05) is 0 Å². The molecular formula is C19H36N6O7. The van der Waals surface area contributed by atoms with Crippen LogP contribution in [0.15, 0.2) is 0 Å². The molecule has 0 saturated carbocycles. The minimum atomic E-state index is -1.43. The summed E-state index contributed by atoms with van der Waals surface area (Å²) in [5, 5.41) is 28.2. The summed E-state index contributed by atoms with van der Waals surface area (Å²) < 4.78 is 0. The molecule has 0 heterocycles. The van der Waals surface area contributed by atoms with Crippen LogP contribution in [-0.4, -0.2) is 82.7 Å². The molecule has 0 aromatic heterocycles. The fraction of sp³-hybridized carbons (Fsp3) is 0.737. The normalized spacial score (nSPS) is 16.5. The van der Waals surface area contributed by atoms with E-state index < -0.39 is 65.9 Å². The first-order chi connectivity index (χ1) is 14.8. The number of aliphatic carboxylic acids is 1. The summed E-state index contributed by atoms with van der Waals surface area (Å²) in [7, 11) is 0. The molecule has 0 aromatic carbocycles. The van der Waals surface area contributed by atoms with Crippen LogP contribution in [0.4, 0.5) is 0 Å². The molecule has 0 spiro atoms. The number of carboxylic acids is 1. The number of unbranched alkanes of at least 4 members (excludes halogenated alkanes) is 1. The monoisotopic (exact) mass is 460 g/mol. The zero-order valence-corrected chi connectivity index (χ0v) is 18.9. The van der Waals surface area contributed by atoms with Gasteiger partial charge in [0.2, 0.25) is 23.6 Å². The number of carbonyl (C=O) groups excluding carboxylic acids is 4. The van der Waals surface area contributed by atoms with Crippen LogP contribution in [0.5, 0.6) is 0 Å². The van der Waals surface area contributed by atoms with Gasteiger partial charge in [-0.25, -0.2) is 0 Å². The number of nitrogens with one attached hydrogen (secondary N) is 4. The van der Waals surface area contributed by atoms with Gasteiger partial charge >= 0.3 is 5.97 Å². The Balaban J connectivity index is 5.22. The summed E-state index contributed by atoms with van der Waals surface area (Å²) in [5.41, 5.74) is 11.0. The molecule has 0 rings (SSSR count). The fourth-order valence-electron chi connectivity index (χ4n) is 2.49. The lowest BCUT2D eigenvalue weighted by atomic mass is 10.1. The van der Waals surface area contributed by atoms with Gasteiger partial charge in [-0.1, -0.05) is 0 Å². The predicted molar refractivity (Wildman–Crippen MR) is 115 cm³/mol. The molecule has 0 aliphatic carbocycles. The first-order valence-corrected chi connectivity index (χ1v) is 10.4. The molecule has 0 radical (unpaired) electrons. The van der Waals surface area contributed by atoms with Crippen LogP contribution >= 0.6 is 0 Å². The second-order valence-electron chi connectivity index (χ2n) is 7.66. The molecular weight excluding hydrogens is 424 g/mol. The van der Waals surface area contributed by atoms with Gasteiger partial charge in [0.1, 0.15) is 24.2 Å². The van der Waals surface area contributed by atoms with Crippen molar-refractivity contribution >= 4 is 29.6 Å². The van der Waals surface area contributed by atoms with Gasteiger partial charge in [0.15, 0.2) is 0 Å². The van der Waals surface area contributed by atoms with Gasteiger partial charge in [0.05, 0.1) is 12.1 Å². The highest BCUT2D eigenvalue weighted by molar-refractivity contribution is 5.95. The molecule has 184 valence electrons. The third-order valence-corrected chi connectivity index (χ3v) is 4.54. The van der Waals surface area contributed by atoms with Crippen molar-refractivity contribution in [2.75, 3.05) is 6.54 Å². The molecule has 6 atom stereocenters. The van der Waals surface area contributed by atoms with Crippen molar-refractivity contribution < 1.29 is 34.2 Å². The average Bonchev–Trinajstić information content (AvgIpc) is 2.70. The molecule has 0 fully saturated rings. The molecule has 0 bridgehead atoms. The highest BCUT2D eigenvalue weighted by Gasteiger charge is 2.31. The Morgan fingerprint density at radius 3 is 1.81 bits per heavy atom. The minimum Gasteiger partial charge on any atom is -0.480 e. The predicted octanol–water partition coefficient (Wildman–Crippen LogP) is -3.09. The Morgan fingerprint density at radius 1 is 0.781 bits per heavy atom. The number of aliphatic hydroxyl groups excluding tert-OH is 1. The van der Waals surface area contributed by atoms with Gasteiger partial charge in [-0.15, -0.1) is 0 Å². The highest BCUT2D eigenvalue weighted by atomic mass is 16.4. The van der Waals surface area contributed by atoms with Crippen LogP contribution in [0.3, 0.4) is 0 Å². The van der Waals surface area contributed by atoms with Crippen molar-refractivity contribution in [2.45, 2.75) is 83.3 Å². The van der Waals surface area contributed by atoms with Crippen molar-refractivity contribution in [3.8, 4) is 0 Å². The Morgan fingerprint density at radius 2 is 1.34 bits per heavy atom. The summed E-state index contributed by atoms with van der Waals surface area (Å²) in [6.07, 6.45) is 0.0420. The standard InChI is InChI=1S/C19H36N6O7/c1-9(21)15(27)24-13(7-5-6-8-20)17(29)25-14(12(4)26)18(30)22-10(2)16(28)23-11(3)19(31)32/h9-14,26H,5-8,20-21H2,1-4H3,(H,22,30)(H,23,28)(H,24,27)(H,25,29)(H,31,32)/t9-,10-,11-,12+,13-,14-/m0/s1. The van der Waals surface area contributed by atoms with Crippen LogP contribution in [0.25, 0.3) is 0 Å². The average molecular weight is 461 g/mol. The number of rotatable bonds is 14. The Bertz CT molecular complexity index is 671. The SMILES string of the molecule is C[C@H](N)C(=O)N[C@@H](CCCCN)C(=O)N[C@H](C(=O)N[C@@H](C)C(=O)N[C@@H](C)C(=O)O)[C@@H](C)O. The summed E-state index contributed by atoms with van der Waals surface area (Å²) in [6.45, 7) is 5.70. The maximum Gasteiger partial charge on any atom is 0.325 e. The smallest absolute Gasteiger partial charge is 0.325 e. The van der Waals surface area contributed by atoms with Crippen LogP contribution < -0.4 is 32.7 Å². The lowest BCUT2D eigenvalue weighted by molar-refractivity contribution is -0.141. The number of hydrogen-bond donors (Lipinski definition) is 8. The van der Waals surface area contributed by atoms with E-state index >= 15 is 0 Å². The fourth-order valence-corrected chi connectivity index (χ4v) is 2.49. The minimum absolute atomic E-state index is 0.238. The van der Waals surface area contributed by atoms with E-state index in [1.807, 2.05) is 0 Å². The van der Waals surface area contributed by atoms with E-state index in [-0.39, 0.29) is 6.42 Å². The van der Waals surface area contributed by atoms with Crippen molar-refractivity contribution in [3.63, 3.8) is 0 Å². The van der Waals surface area contributed by atoms with E-state index in [1.54, 1.807) is 0 Å². The lowest BCUT2D eigenvalue weighted by Crippen LogP contribution is -2.60. The van der Waals surface area contributed by atoms with Gasteiger partial charge in [-0.05, 0) is 53.5 Å². The van der Waals surface area contributed by atoms with Crippen molar-refractivity contribution in [1.82, 2.24) is 21.3 Å². The molecule has 10 N–H and O–H groups in total. The van der Waals surface area contributed by atoms with E-state index in [9.17, 15) is 29.1 Å². The van der Waals surface area contributed by atoms with Gasteiger partial charge < -0.3 is 42.9 Å². The maximum absolute atomic E-state index is 12.7. The molecule has 0 aromatic rings. The number of hydrogen-bond acceptors (Lipinski definition) is 8. The summed E-state index contributed by atoms with van der Waals surface area (Å²) in [6, 6.07) is -5.61. The third kappa shape index (κ3) is 10.5. The van der Waals surface area contributed by atoms with Crippen LogP contribution in [0.2, 0.25) is 0 Å². The molecule has 0 aliphatic heterocycles. The first kappa shape index (κ1) is 29.2. The third-order valence-electron chi connectivity index (χ3n) is 4.54. The number of aliphatic hydroxyl groups is 1. The highest BCUT2D eigenvalue weighted by Crippen LogP contribution is 2.04. The van der Waals surface area contributed by atoms with E-state index in [4.69, 9.17) is 16.6 Å². The van der Waals surface area contributed by atoms with E-state index in [2.05, 4.69) is 21.3 Å². The summed E-state index contributed by atoms with van der Waals surface area (Å²) in [5.74, 6) is -4.14. The zero-order chi connectivity index (χ0) is 25.0. The van der Waals surface area contributed by atoms with Gasteiger partial charge in [0.25, 0.3) is 0 Å². The molecule has 13 heteroatoms. The molecule has 0 aliphatic rings. The molecule has 0 unspecified atom stereocenters. The second-order valence-corrected chi connectivity index (χ2v) is 7.66. The Kier molecular flexibility index (Phi) is 13.1.